The summed E-state index contributed by atoms with van der Waals surface area (Å²) in [6, 6.07) is 0. The Balaban J connectivity index is 3.11. The highest BCUT2D eigenvalue weighted by Gasteiger charge is 1.96. The van der Waals surface area contributed by atoms with Gasteiger partial charge in [-0.2, -0.15) is 0 Å². The van der Waals surface area contributed by atoms with Gasteiger partial charge in [0, 0.05) is 6.42 Å². The first-order valence-corrected chi connectivity index (χ1v) is 8.30. The normalized spacial score (nSPS) is 11.7. The lowest BCUT2D eigenvalue weighted by atomic mass is 10.1. The highest BCUT2D eigenvalue weighted by molar-refractivity contribution is 5.66. The molecule has 1 N–H and O–H groups in total. The Labute approximate surface area is 125 Å². The number of rotatable bonds is 14. The molecule has 0 aromatic rings. The van der Waals surface area contributed by atoms with Crippen molar-refractivity contribution in [3.05, 3.63) is 24.3 Å². The number of hydrogen-bond acceptors (Lipinski definition) is 1. The Morgan fingerprint density at radius 2 is 1.30 bits per heavy atom. The van der Waals surface area contributed by atoms with Gasteiger partial charge in [0.1, 0.15) is 0 Å². The van der Waals surface area contributed by atoms with Crippen LogP contribution < -0.4 is 0 Å². The summed E-state index contributed by atoms with van der Waals surface area (Å²) in [7, 11) is 0. The average molecular weight is 280 g/mol. The van der Waals surface area contributed by atoms with E-state index in [4.69, 9.17) is 5.11 Å². The summed E-state index contributed by atoms with van der Waals surface area (Å²) in [5, 5.41) is 8.51. The molecule has 0 bridgehead atoms. The maximum atomic E-state index is 10.3. The van der Waals surface area contributed by atoms with Crippen molar-refractivity contribution in [2.45, 2.75) is 84.0 Å². The van der Waals surface area contributed by atoms with E-state index in [0.717, 1.165) is 12.8 Å². The second kappa shape index (κ2) is 16.0. The molecule has 0 spiro atoms. The predicted octanol–water partition coefficient (Wildman–Crippen LogP) is 5.88. The van der Waals surface area contributed by atoms with E-state index in [0.29, 0.717) is 6.42 Å². The topological polar surface area (TPSA) is 37.3 Å². The number of hydrogen-bond donors (Lipinski definition) is 1. The van der Waals surface area contributed by atoms with Crippen LogP contribution in [-0.4, -0.2) is 11.1 Å². The van der Waals surface area contributed by atoms with E-state index < -0.39 is 5.97 Å². The van der Waals surface area contributed by atoms with Crippen LogP contribution in [0.3, 0.4) is 0 Å². The number of carbonyl (C=O) groups is 1. The summed E-state index contributed by atoms with van der Waals surface area (Å²) < 4.78 is 0. The number of unbranched alkanes of at least 4 members (excludes halogenated alkanes) is 9. The number of carboxylic acids is 1. The summed E-state index contributed by atoms with van der Waals surface area (Å²) in [4.78, 5) is 10.3. The van der Waals surface area contributed by atoms with E-state index in [9.17, 15) is 4.79 Å². The van der Waals surface area contributed by atoms with Gasteiger partial charge in [-0.15, -0.1) is 0 Å². The largest absolute Gasteiger partial charge is 0.481 e. The molecule has 20 heavy (non-hydrogen) atoms. The summed E-state index contributed by atoms with van der Waals surface area (Å²) in [6.07, 6.45) is 22.3. The van der Waals surface area contributed by atoms with Crippen LogP contribution in [0, 0.1) is 0 Å². The minimum Gasteiger partial charge on any atom is -0.481 e. The van der Waals surface area contributed by atoms with Gasteiger partial charge in [0.25, 0.3) is 0 Å². The summed E-state index contributed by atoms with van der Waals surface area (Å²) in [5.41, 5.74) is 0. The number of carboxylic acid groups (broad SMARTS) is 1. The second-order valence-electron chi connectivity index (χ2n) is 5.41. The molecule has 0 radical (unpaired) electrons. The van der Waals surface area contributed by atoms with E-state index in [-0.39, 0.29) is 0 Å². The van der Waals surface area contributed by atoms with Gasteiger partial charge in [-0.25, -0.2) is 0 Å². The molecule has 0 saturated carbocycles. The van der Waals surface area contributed by atoms with Crippen molar-refractivity contribution in [1.82, 2.24) is 0 Å². The lowest BCUT2D eigenvalue weighted by Crippen LogP contribution is -1.93. The Morgan fingerprint density at radius 1 is 0.800 bits per heavy atom. The maximum absolute atomic E-state index is 10.3. The summed E-state index contributed by atoms with van der Waals surface area (Å²) in [6.45, 7) is 2.19. The first-order chi connectivity index (χ1) is 9.77. The zero-order valence-electron chi connectivity index (χ0n) is 13.2. The van der Waals surface area contributed by atoms with Crippen LogP contribution in [0.2, 0.25) is 0 Å². The summed E-state index contributed by atoms with van der Waals surface area (Å²) in [5.74, 6) is -0.664. The Bertz CT molecular complexity index is 267. The smallest absolute Gasteiger partial charge is 0.303 e. The minimum atomic E-state index is -0.664. The molecule has 0 aromatic carbocycles. The van der Waals surface area contributed by atoms with Crippen LogP contribution in [0.1, 0.15) is 84.0 Å². The third-order valence-corrected chi connectivity index (χ3v) is 3.35. The SMILES string of the molecule is CCC/C=C\C=C\CCCCCCCCCCC(=O)O. The van der Waals surface area contributed by atoms with E-state index in [2.05, 4.69) is 31.2 Å². The third kappa shape index (κ3) is 16.9. The molecule has 116 valence electrons. The number of aliphatic carboxylic acids is 1. The monoisotopic (exact) mass is 280 g/mol. The molecule has 0 aliphatic heterocycles. The quantitative estimate of drug-likeness (QED) is 0.318. The number of allylic oxidation sites excluding steroid dienone is 4. The van der Waals surface area contributed by atoms with Crippen molar-refractivity contribution >= 4 is 5.97 Å². The van der Waals surface area contributed by atoms with Crippen molar-refractivity contribution in [3.8, 4) is 0 Å². The van der Waals surface area contributed by atoms with Gasteiger partial charge in [0.15, 0.2) is 0 Å². The molecule has 0 saturated heterocycles. The van der Waals surface area contributed by atoms with Crippen LogP contribution in [0.4, 0.5) is 0 Å². The van der Waals surface area contributed by atoms with Gasteiger partial charge in [-0.05, 0) is 25.7 Å². The minimum absolute atomic E-state index is 0.332. The Kier molecular flexibility index (Phi) is 15.2. The zero-order chi connectivity index (χ0) is 14.9. The van der Waals surface area contributed by atoms with E-state index >= 15 is 0 Å². The van der Waals surface area contributed by atoms with Crippen molar-refractivity contribution in [2.75, 3.05) is 0 Å². The van der Waals surface area contributed by atoms with Crippen LogP contribution in [-0.2, 0) is 4.79 Å². The lowest BCUT2D eigenvalue weighted by Gasteiger charge is -2.00. The van der Waals surface area contributed by atoms with Crippen LogP contribution in [0.15, 0.2) is 24.3 Å². The van der Waals surface area contributed by atoms with Gasteiger partial charge in [0.2, 0.25) is 0 Å². The van der Waals surface area contributed by atoms with E-state index in [1.54, 1.807) is 0 Å². The van der Waals surface area contributed by atoms with Crippen molar-refractivity contribution in [1.29, 1.82) is 0 Å². The van der Waals surface area contributed by atoms with Gasteiger partial charge in [-0.1, -0.05) is 76.2 Å². The van der Waals surface area contributed by atoms with Crippen LogP contribution in [0.25, 0.3) is 0 Å². The fourth-order valence-electron chi connectivity index (χ4n) is 2.12. The maximum Gasteiger partial charge on any atom is 0.303 e. The molecular weight excluding hydrogens is 248 g/mol. The van der Waals surface area contributed by atoms with Crippen LogP contribution >= 0.6 is 0 Å². The molecule has 0 fully saturated rings. The Morgan fingerprint density at radius 3 is 1.85 bits per heavy atom. The van der Waals surface area contributed by atoms with Crippen LogP contribution in [0.5, 0.6) is 0 Å². The third-order valence-electron chi connectivity index (χ3n) is 3.35. The first kappa shape index (κ1) is 18.9. The molecule has 2 heteroatoms. The highest BCUT2D eigenvalue weighted by atomic mass is 16.4. The molecule has 0 heterocycles. The molecule has 0 atom stereocenters. The standard InChI is InChI=1S/C18H32O2/c1-2-3-4-5-6-7-8-9-10-11-12-13-14-15-16-17-18(19)20/h4-7H,2-3,8-17H2,1H3,(H,19,20)/b5-4-,7-6+. The fraction of sp³-hybridized carbons (Fsp3) is 0.722. The van der Waals surface area contributed by atoms with Gasteiger partial charge in [0.05, 0.1) is 0 Å². The van der Waals surface area contributed by atoms with Crippen molar-refractivity contribution < 1.29 is 9.90 Å². The molecule has 2 nitrogen and oxygen atoms in total. The fourth-order valence-corrected chi connectivity index (χ4v) is 2.12. The molecule has 0 aliphatic rings. The molecular formula is C18H32O2. The van der Waals surface area contributed by atoms with Crippen molar-refractivity contribution in [2.24, 2.45) is 0 Å². The molecule has 0 amide bonds. The lowest BCUT2D eigenvalue weighted by molar-refractivity contribution is -0.137. The Hall–Kier alpha value is -1.05. The van der Waals surface area contributed by atoms with E-state index in [1.165, 1.54) is 57.8 Å². The predicted molar refractivity (Wildman–Crippen MR) is 87.0 cm³/mol. The highest BCUT2D eigenvalue weighted by Crippen LogP contribution is 2.10. The second-order valence-corrected chi connectivity index (χ2v) is 5.41. The van der Waals surface area contributed by atoms with Gasteiger partial charge >= 0.3 is 5.97 Å². The van der Waals surface area contributed by atoms with Gasteiger partial charge in [-0.3, -0.25) is 4.79 Å². The first-order valence-electron chi connectivity index (χ1n) is 8.30. The molecule has 0 unspecified atom stereocenters. The zero-order valence-corrected chi connectivity index (χ0v) is 13.2. The van der Waals surface area contributed by atoms with Crippen molar-refractivity contribution in [3.63, 3.8) is 0 Å². The van der Waals surface area contributed by atoms with E-state index in [1.807, 2.05) is 0 Å². The average Bonchev–Trinajstić information content (AvgIpc) is 2.43. The van der Waals surface area contributed by atoms with Gasteiger partial charge < -0.3 is 5.11 Å². The molecule has 0 rings (SSSR count). The summed E-state index contributed by atoms with van der Waals surface area (Å²) >= 11 is 0. The molecule has 0 aliphatic carbocycles. The molecule has 0 aromatic heterocycles.